The van der Waals surface area contributed by atoms with E-state index in [1.54, 1.807) is 45.3 Å². The Hall–Kier alpha value is -3.02. The Morgan fingerprint density at radius 2 is 2.04 bits per heavy atom. The number of allylic oxidation sites excluding steroid dienone is 1. The van der Waals surface area contributed by atoms with Crippen LogP contribution in [-0.4, -0.2) is 30.9 Å². The Morgan fingerprint density at radius 1 is 1.26 bits per heavy atom. The normalized spacial score (nSPS) is 14.6. The second-order valence-electron chi connectivity index (χ2n) is 5.28. The number of furan rings is 1. The van der Waals surface area contributed by atoms with Crippen LogP contribution in [0.25, 0.3) is 6.08 Å². The minimum Gasteiger partial charge on any atom is -0.465 e. The average Bonchev–Trinajstić information content (AvgIpc) is 3.12. The van der Waals surface area contributed by atoms with Gasteiger partial charge in [0.15, 0.2) is 5.76 Å². The first kappa shape index (κ1) is 14.9. The highest BCUT2D eigenvalue weighted by Crippen LogP contribution is 2.39. The van der Waals surface area contributed by atoms with Gasteiger partial charge in [0.1, 0.15) is 17.3 Å². The van der Waals surface area contributed by atoms with Gasteiger partial charge in [-0.25, -0.2) is 4.79 Å². The second kappa shape index (κ2) is 5.64. The molecule has 118 valence electrons. The van der Waals surface area contributed by atoms with E-state index in [1.165, 1.54) is 17.2 Å². The van der Waals surface area contributed by atoms with E-state index in [-0.39, 0.29) is 11.5 Å². The summed E-state index contributed by atoms with van der Waals surface area (Å²) in [6, 6.07) is 6.63. The fourth-order valence-electron chi connectivity index (χ4n) is 2.17. The Kier molecular flexibility index (Phi) is 3.65. The van der Waals surface area contributed by atoms with E-state index in [1.807, 2.05) is 0 Å². The molecule has 0 N–H and O–H groups in total. The summed E-state index contributed by atoms with van der Waals surface area (Å²) in [5.41, 5.74) is 1.03. The van der Waals surface area contributed by atoms with Crippen molar-refractivity contribution in [3.05, 3.63) is 53.2 Å². The molecule has 6 nitrogen and oxygen atoms in total. The fraction of sp³-hybridized carbons (Fsp3) is 0.176. The first-order valence-corrected chi connectivity index (χ1v) is 6.98. The maximum Gasteiger partial charge on any atom is 0.414 e. The predicted octanol–water partition coefficient (Wildman–Crippen LogP) is 3.26. The molecule has 1 aliphatic rings. The van der Waals surface area contributed by atoms with Gasteiger partial charge in [-0.1, -0.05) is 0 Å². The van der Waals surface area contributed by atoms with Gasteiger partial charge in [0.2, 0.25) is 5.78 Å². The lowest BCUT2D eigenvalue weighted by atomic mass is 10.1. The van der Waals surface area contributed by atoms with Gasteiger partial charge in [0, 0.05) is 25.7 Å². The van der Waals surface area contributed by atoms with Crippen LogP contribution in [0.2, 0.25) is 0 Å². The molecule has 0 fully saturated rings. The predicted molar refractivity (Wildman–Crippen MR) is 82.5 cm³/mol. The molecule has 0 unspecified atom stereocenters. The Morgan fingerprint density at radius 3 is 2.70 bits per heavy atom. The Balaban J connectivity index is 1.93. The van der Waals surface area contributed by atoms with E-state index in [2.05, 4.69) is 0 Å². The molecule has 23 heavy (non-hydrogen) atoms. The summed E-state index contributed by atoms with van der Waals surface area (Å²) in [5.74, 6) is 1.23. The molecule has 0 aliphatic carbocycles. The average molecular weight is 313 g/mol. The molecule has 0 bridgehead atoms. The third-order valence-corrected chi connectivity index (χ3v) is 3.42. The van der Waals surface area contributed by atoms with Gasteiger partial charge < -0.3 is 18.8 Å². The first-order chi connectivity index (χ1) is 11.0. The molecule has 0 saturated heterocycles. The van der Waals surface area contributed by atoms with Crippen molar-refractivity contribution in [2.24, 2.45) is 0 Å². The van der Waals surface area contributed by atoms with Crippen molar-refractivity contribution in [1.29, 1.82) is 0 Å². The number of amides is 1. The SMILES string of the molecule is Cc1c(OC(=O)N(C)C)ccc2c1O/C(=C/c1ccco1)C2=O. The van der Waals surface area contributed by atoms with Crippen LogP contribution < -0.4 is 9.47 Å². The number of fused-ring (bicyclic) bond motifs is 1. The lowest BCUT2D eigenvalue weighted by Crippen LogP contribution is -2.25. The molecule has 0 spiro atoms. The molecule has 0 radical (unpaired) electrons. The number of carbonyl (C=O) groups is 2. The van der Waals surface area contributed by atoms with Crippen LogP contribution in [0.15, 0.2) is 40.7 Å². The Bertz CT molecular complexity index is 803. The van der Waals surface area contributed by atoms with E-state index in [4.69, 9.17) is 13.9 Å². The van der Waals surface area contributed by atoms with Gasteiger partial charge in [-0.2, -0.15) is 0 Å². The number of carbonyl (C=O) groups excluding carboxylic acids is 2. The summed E-state index contributed by atoms with van der Waals surface area (Å²) in [7, 11) is 3.19. The smallest absolute Gasteiger partial charge is 0.414 e. The molecule has 6 heteroatoms. The van der Waals surface area contributed by atoms with Gasteiger partial charge in [-0.05, 0) is 31.2 Å². The summed E-state index contributed by atoms with van der Waals surface area (Å²) in [6.07, 6.45) is 2.56. The van der Waals surface area contributed by atoms with E-state index in [9.17, 15) is 9.59 Å². The van der Waals surface area contributed by atoms with Crippen molar-refractivity contribution >= 4 is 18.0 Å². The van der Waals surface area contributed by atoms with Crippen LogP contribution in [0.5, 0.6) is 11.5 Å². The molecule has 1 amide bonds. The number of ketones is 1. The number of hydrogen-bond donors (Lipinski definition) is 0. The lowest BCUT2D eigenvalue weighted by molar-refractivity contribution is 0.101. The van der Waals surface area contributed by atoms with Crippen molar-refractivity contribution in [2.45, 2.75) is 6.92 Å². The molecular formula is C17H15NO5. The highest BCUT2D eigenvalue weighted by molar-refractivity contribution is 6.14. The summed E-state index contributed by atoms with van der Waals surface area (Å²) in [6.45, 7) is 1.74. The summed E-state index contributed by atoms with van der Waals surface area (Å²) in [5, 5.41) is 0. The molecule has 3 rings (SSSR count). The highest BCUT2D eigenvalue weighted by atomic mass is 16.6. The molecule has 0 atom stereocenters. The number of nitrogens with zero attached hydrogens (tertiary/aromatic N) is 1. The number of rotatable bonds is 2. The zero-order chi connectivity index (χ0) is 16.6. The van der Waals surface area contributed by atoms with Crippen molar-refractivity contribution in [3.8, 4) is 11.5 Å². The van der Waals surface area contributed by atoms with Gasteiger partial charge in [0.05, 0.1) is 11.8 Å². The molecule has 1 aromatic heterocycles. The Labute approximate surface area is 132 Å². The summed E-state index contributed by atoms with van der Waals surface area (Å²) < 4.78 is 16.1. The van der Waals surface area contributed by atoms with Gasteiger partial charge in [-0.3, -0.25) is 4.79 Å². The summed E-state index contributed by atoms with van der Waals surface area (Å²) in [4.78, 5) is 25.4. The van der Waals surface area contributed by atoms with Gasteiger partial charge >= 0.3 is 6.09 Å². The van der Waals surface area contributed by atoms with Crippen molar-refractivity contribution < 1.29 is 23.5 Å². The van der Waals surface area contributed by atoms with Crippen molar-refractivity contribution in [1.82, 2.24) is 4.90 Å². The van der Waals surface area contributed by atoms with Crippen LogP contribution in [0.4, 0.5) is 4.79 Å². The third kappa shape index (κ3) is 2.70. The molecule has 1 aromatic carbocycles. The standard InChI is InChI=1S/C17H15NO5/c1-10-13(23-17(20)18(2)3)7-6-12-15(19)14(22-16(10)12)9-11-5-4-8-21-11/h4-9H,1-3H3/b14-9+. The zero-order valence-corrected chi connectivity index (χ0v) is 13.0. The number of hydrogen-bond acceptors (Lipinski definition) is 5. The van der Waals surface area contributed by atoms with E-state index >= 15 is 0 Å². The first-order valence-electron chi connectivity index (χ1n) is 6.98. The van der Waals surface area contributed by atoms with Crippen LogP contribution in [0.1, 0.15) is 21.7 Å². The zero-order valence-electron chi connectivity index (χ0n) is 13.0. The minimum atomic E-state index is -0.497. The molecular weight excluding hydrogens is 298 g/mol. The fourth-order valence-corrected chi connectivity index (χ4v) is 2.17. The van der Waals surface area contributed by atoms with Gasteiger partial charge in [-0.15, -0.1) is 0 Å². The van der Waals surface area contributed by atoms with Gasteiger partial charge in [0.25, 0.3) is 0 Å². The van der Waals surface area contributed by atoms with E-state index < -0.39 is 6.09 Å². The quantitative estimate of drug-likeness (QED) is 0.796. The van der Waals surface area contributed by atoms with E-state index in [0.29, 0.717) is 28.4 Å². The van der Waals surface area contributed by atoms with Crippen LogP contribution in [-0.2, 0) is 0 Å². The maximum atomic E-state index is 12.4. The largest absolute Gasteiger partial charge is 0.465 e. The van der Waals surface area contributed by atoms with Crippen molar-refractivity contribution in [3.63, 3.8) is 0 Å². The number of benzene rings is 1. The monoisotopic (exact) mass is 313 g/mol. The lowest BCUT2D eigenvalue weighted by Gasteiger charge is -2.13. The maximum absolute atomic E-state index is 12.4. The minimum absolute atomic E-state index is 0.175. The second-order valence-corrected chi connectivity index (χ2v) is 5.28. The number of ether oxygens (including phenoxy) is 2. The molecule has 0 saturated carbocycles. The van der Waals surface area contributed by atoms with Crippen LogP contribution >= 0.6 is 0 Å². The molecule has 2 aromatic rings. The van der Waals surface area contributed by atoms with Crippen LogP contribution in [0, 0.1) is 6.92 Å². The molecule has 1 aliphatic heterocycles. The third-order valence-electron chi connectivity index (χ3n) is 3.42. The van der Waals surface area contributed by atoms with Crippen molar-refractivity contribution in [2.75, 3.05) is 14.1 Å². The molecule has 2 heterocycles. The number of Topliss-reactive ketones (excluding diaryl/α,β-unsaturated/α-hetero) is 1. The topological polar surface area (TPSA) is 69.0 Å². The van der Waals surface area contributed by atoms with E-state index in [0.717, 1.165) is 0 Å². The highest BCUT2D eigenvalue weighted by Gasteiger charge is 2.30. The van der Waals surface area contributed by atoms with Crippen LogP contribution in [0.3, 0.4) is 0 Å². The summed E-state index contributed by atoms with van der Waals surface area (Å²) >= 11 is 0.